The van der Waals surface area contributed by atoms with Crippen molar-refractivity contribution < 1.29 is 28.7 Å². The highest BCUT2D eigenvalue weighted by Crippen LogP contribution is 2.17. The normalized spacial score (nSPS) is 16.7. The third-order valence-electron chi connectivity index (χ3n) is 4.24. The van der Waals surface area contributed by atoms with E-state index in [0.717, 1.165) is 12.8 Å². The van der Waals surface area contributed by atoms with Crippen LogP contribution in [0.15, 0.2) is 24.3 Å². The van der Waals surface area contributed by atoms with E-state index >= 15 is 0 Å². The number of carbonyl (C=O) groups is 4. The van der Waals surface area contributed by atoms with Gasteiger partial charge in [0.15, 0.2) is 6.61 Å². The van der Waals surface area contributed by atoms with Crippen molar-refractivity contribution in [3.63, 3.8) is 0 Å². The van der Waals surface area contributed by atoms with Crippen LogP contribution >= 0.6 is 0 Å². The number of rotatable bonds is 5. The Bertz CT molecular complexity index is 769. The van der Waals surface area contributed by atoms with Gasteiger partial charge in [-0.1, -0.05) is 0 Å². The number of nitrogens with zero attached hydrogens (tertiary/aromatic N) is 1. The van der Waals surface area contributed by atoms with Crippen molar-refractivity contribution in [1.82, 2.24) is 4.90 Å². The summed E-state index contributed by atoms with van der Waals surface area (Å²) in [5, 5.41) is 2.56. The lowest BCUT2D eigenvalue weighted by Gasteiger charge is -2.33. The van der Waals surface area contributed by atoms with Gasteiger partial charge in [-0.15, -0.1) is 0 Å². The minimum Gasteiger partial charge on any atom is -0.452 e. The minimum atomic E-state index is -0.685. The first-order valence-electron chi connectivity index (χ1n) is 9.43. The molecule has 0 aromatic heterocycles. The zero-order chi connectivity index (χ0) is 21.6. The molecule has 158 valence electrons. The molecule has 1 fully saturated rings. The van der Waals surface area contributed by atoms with Gasteiger partial charge in [-0.05, 0) is 64.3 Å². The fraction of sp³-hybridized carbons (Fsp3) is 0.500. The maximum atomic E-state index is 12.3. The highest BCUT2D eigenvalue weighted by molar-refractivity contribution is 5.93. The Labute approximate surface area is 169 Å². The van der Waals surface area contributed by atoms with E-state index in [4.69, 9.17) is 15.2 Å². The van der Waals surface area contributed by atoms with Gasteiger partial charge in [-0.25, -0.2) is 9.59 Å². The number of hydrogen-bond acceptors (Lipinski definition) is 6. The molecular formula is C20H27N3O6. The molecule has 1 heterocycles. The van der Waals surface area contributed by atoms with Crippen LogP contribution in [-0.2, 0) is 19.1 Å². The molecule has 1 atom stereocenters. The Balaban J connectivity index is 1.88. The molecule has 0 aliphatic carbocycles. The molecule has 3 amide bonds. The standard InChI is InChI=1S/C20H27N3O6/c1-20(2,3)29-19(27)22-14-9-7-13(8-10-14)18(26)28-12-16(24)23-11-5-4-6-15(23)17(21)25/h7-10,15H,4-6,11-12H2,1-3H3,(H2,21,25)(H,22,27)/t15-/m0/s1. The van der Waals surface area contributed by atoms with Gasteiger partial charge in [-0.3, -0.25) is 14.9 Å². The summed E-state index contributed by atoms with van der Waals surface area (Å²) in [7, 11) is 0. The van der Waals surface area contributed by atoms with E-state index in [9.17, 15) is 19.2 Å². The summed E-state index contributed by atoms with van der Waals surface area (Å²) in [4.78, 5) is 49.1. The summed E-state index contributed by atoms with van der Waals surface area (Å²) in [5.74, 6) is -1.70. The second-order valence-corrected chi connectivity index (χ2v) is 7.78. The SMILES string of the molecule is CC(C)(C)OC(=O)Nc1ccc(C(=O)OCC(=O)N2CCCC[C@H]2C(N)=O)cc1. The van der Waals surface area contributed by atoms with Crippen molar-refractivity contribution in [1.29, 1.82) is 0 Å². The lowest BCUT2D eigenvalue weighted by atomic mass is 10.0. The van der Waals surface area contributed by atoms with Gasteiger partial charge >= 0.3 is 12.1 Å². The molecule has 1 saturated heterocycles. The van der Waals surface area contributed by atoms with Gasteiger partial charge in [0.2, 0.25) is 5.91 Å². The third kappa shape index (κ3) is 6.78. The maximum Gasteiger partial charge on any atom is 0.412 e. The first-order valence-corrected chi connectivity index (χ1v) is 9.43. The van der Waals surface area contributed by atoms with Crippen LogP contribution in [0.25, 0.3) is 0 Å². The molecule has 0 saturated carbocycles. The number of likely N-dealkylation sites (tertiary alicyclic amines) is 1. The van der Waals surface area contributed by atoms with Crippen molar-refractivity contribution in [3.8, 4) is 0 Å². The van der Waals surface area contributed by atoms with Crippen LogP contribution in [0, 0.1) is 0 Å². The molecule has 3 N–H and O–H groups in total. The monoisotopic (exact) mass is 405 g/mol. The largest absolute Gasteiger partial charge is 0.452 e. The number of hydrogen-bond donors (Lipinski definition) is 2. The molecule has 1 aliphatic rings. The van der Waals surface area contributed by atoms with E-state index in [2.05, 4.69) is 5.32 Å². The molecule has 2 rings (SSSR count). The van der Waals surface area contributed by atoms with Gasteiger partial charge in [0.05, 0.1) is 5.56 Å². The molecule has 1 aromatic carbocycles. The summed E-state index contributed by atoms with van der Waals surface area (Å²) < 4.78 is 10.2. The molecule has 0 bridgehead atoms. The van der Waals surface area contributed by atoms with E-state index in [0.29, 0.717) is 18.7 Å². The fourth-order valence-electron chi connectivity index (χ4n) is 2.93. The van der Waals surface area contributed by atoms with Crippen molar-refractivity contribution in [2.75, 3.05) is 18.5 Å². The predicted molar refractivity (Wildman–Crippen MR) is 105 cm³/mol. The lowest BCUT2D eigenvalue weighted by Crippen LogP contribution is -2.51. The molecule has 9 heteroatoms. The van der Waals surface area contributed by atoms with Crippen molar-refractivity contribution >= 4 is 29.6 Å². The first kappa shape index (κ1) is 22.2. The summed E-state index contributed by atoms with van der Waals surface area (Å²) >= 11 is 0. The highest BCUT2D eigenvalue weighted by Gasteiger charge is 2.31. The highest BCUT2D eigenvalue weighted by atomic mass is 16.6. The van der Waals surface area contributed by atoms with Crippen LogP contribution in [0.4, 0.5) is 10.5 Å². The molecule has 0 unspecified atom stereocenters. The minimum absolute atomic E-state index is 0.220. The number of benzene rings is 1. The summed E-state index contributed by atoms with van der Waals surface area (Å²) in [6, 6.07) is 5.32. The molecule has 1 aromatic rings. The Morgan fingerprint density at radius 3 is 2.38 bits per heavy atom. The molecule has 0 spiro atoms. The number of amides is 3. The van der Waals surface area contributed by atoms with E-state index in [1.165, 1.54) is 29.2 Å². The average Bonchev–Trinajstić information content (AvgIpc) is 2.64. The van der Waals surface area contributed by atoms with Crippen LogP contribution < -0.4 is 11.1 Å². The Kier molecular flexibility index (Phi) is 7.19. The van der Waals surface area contributed by atoms with Crippen LogP contribution in [0.1, 0.15) is 50.4 Å². The zero-order valence-corrected chi connectivity index (χ0v) is 16.9. The third-order valence-corrected chi connectivity index (χ3v) is 4.24. The number of piperidine rings is 1. The number of ether oxygens (including phenoxy) is 2. The second-order valence-electron chi connectivity index (χ2n) is 7.78. The van der Waals surface area contributed by atoms with Gasteiger partial charge in [-0.2, -0.15) is 0 Å². The number of primary amides is 1. The molecule has 1 aliphatic heterocycles. The van der Waals surface area contributed by atoms with Gasteiger partial charge in [0.25, 0.3) is 5.91 Å². The molecule has 9 nitrogen and oxygen atoms in total. The number of nitrogens with one attached hydrogen (secondary N) is 1. The maximum absolute atomic E-state index is 12.3. The van der Waals surface area contributed by atoms with Crippen molar-refractivity contribution in [3.05, 3.63) is 29.8 Å². The van der Waals surface area contributed by atoms with E-state index in [1.807, 2.05) is 0 Å². The Hall–Kier alpha value is -3.10. The Morgan fingerprint density at radius 1 is 1.14 bits per heavy atom. The summed E-state index contributed by atoms with van der Waals surface area (Å²) in [6.45, 7) is 5.20. The lowest BCUT2D eigenvalue weighted by molar-refractivity contribution is -0.143. The van der Waals surface area contributed by atoms with Gasteiger partial charge in [0, 0.05) is 12.2 Å². The first-order chi connectivity index (χ1) is 13.6. The van der Waals surface area contributed by atoms with E-state index < -0.39 is 42.1 Å². The predicted octanol–water partition coefficient (Wildman–Crippen LogP) is 2.06. The van der Waals surface area contributed by atoms with Crippen LogP contribution in [0.3, 0.4) is 0 Å². The Morgan fingerprint density at radius 2 is 1.79 bits per heavy atom. The molecule has 0 radical (unpaired) electrons. The van der Waals surface area contributed by atoms with Crippen molar-refractivity contribution in [2.45, 2.75) is 51.7 Å². The van der Waals surface area contributed by atoms with Crippen LogP contribution in [-0.4, -0.2) is 53.6 Å². The second kappa shape index (κ2) is 9.40. The average molecular weight is 405 g/mol. The smallest absolute Gasteiger partial charge is 0.412 e. The topological polar surface area (TPSA) is 128 Å². The molecule has 29 heavy (non-hydrogen) atoms. The summed E-state index contributed by atoms with van der Waals surface area (Å²) in [6.07, 6.45) is 1.50. The van der Waals surface area contributed by atoms with Crippen molar-refractivity contribution in [2.24, 2.45) is 5.73 Å². The van der Waals surface area contributed by atoms with Gasteiger partial charge in [0.1, 0.15) is 11.6 Å². The number of anilines is 1. The zero-order valence-electron chi connectivity index (χ0n) is 16.9. The van der Waals surface area contributed by atoms with E-state index in [-0.39, 0.29) is 5.56 Å². The fourth-order valence-corrected chi connectivity index (χ4v) is 2.93. The number of carbonyl (C=O) groups excluding carboxylic acids is 4. The van der Waals surface area contributed by atoms with Crippen LogP contribution in [0.5, 0.6) is 0 Å². The number of nitrogens with two attached hydrogens (primary N) is 1. The molecular weight excluding hydrogens is 378 g/mol. The summed E-state index contributed by atoms with van der Waals surface area (Å²) in [5.41, 5.74) is 5.39. The quantitative estimate of drug-likeness (QED) is 0.722. The van der Waals surface area contributed by atoms with Crippen LogP contribution in [0.2, 0.25) is 0 Å². The van der Waals surface area contributed by atoms with Gasteiger partial charge < -0.3 is 20.1 Å². The van der Waals surface area contributed by atoms with E-state index in [1.54, 1.807) is 20.8 Å². The number of esters is 1.